The topological polar surface area (TPSA) is 74.5 Å². The van der Waals surface area contributed by atoms with Crippen LogP contribution in [-0.4, -0.2) is 17.9 Å². The summed E-state index contributed by atoms with van der Waals surface area (Å²) in [5, 5.41) is 15.9. The van der Waals surface area contributed by atoms with E-state index in [2.05, 4.69) is 15.3 Å². The van der Waals surface area contributed by atoms with Crippen molar-refractivity contribution in [2.45, 2.75) is 6.36 Å². The Morgan fingerprint density at radius 2 is 1.96 bits per heavy atom. The molecule has 0 aliphatic rings. The van der Waals surface area contributed by atoms with E-state index >= 15 is 0 Å². The van der Waals surface area contributed by atoms with Gasteiger partial charge in [0.2, 0.25) is 11.5 Å². The second-order valence-corrected chi connectivity index (χ2v) is 4.88. The number of nitrogens with zero attached hydrogens (tertiary/aromatic N) is 2. The van der Waals surface area contributed by atoms with Crippen molar-refractivity contribution in [2.75, 3.05) is 5.43 Å². The highest BCUT2D eigenvalue weighted by Gasteiger charge is 2.30. The number of benzene rings is 1. The van der Waals surface area contributed by atoms with Gasteiger partial charge in [0.1, 0.15) is 11.8 Å². The van der Waals surface area contributed by atoms with Gasteiger partial charge in [-0.15, -0.1) is 13.2 Å². The molecule has 1 heterocycles. The first-order valence-corrected chi connectivity index (χ1v) is 7.00. The number of nitriles is 1. The zero-order valence-electron chi connectivity index (χ0n) is 11.3. The molecule has 0 saturated carbocycles. The normalized spacial score (nSPS) is 11.7. The molecular weight excluding hydrogens is 331 g/mol. The molecule has 0 fully saturated rings. The molecule has 0 amide bonds. The fourth-order valence-electron chi connectivity index (χ4n) is 1.51. The lowest BCUT2D eigenvalue weighted by atomic mass is 10.1. The molecule has 1 aromatic heterocycles. The predicted octanol–water partition coefficient (Wildman–Crippen LogP) is 3.82. The first kappa shape index (κ1) is 16.5. The monoisotopic (exact) mass is 339 g/mol. The number of thiophene rings is 1. The fraction of sp³-hybridized carbons (Fsp3) is 0.0714. The van der Waals surface area contributed by atoms with Crippen LogP contribution in [-0.2, 0) is 0 Å². The Labute approximate surface area is 132 Å². The number of alkyl halides is 3. The molecule has 0 spiro atoms. The van der Waals surface area contributed by atoms with Gasteiger partial charge in [0, 0.05) is 10.9 Å². The van der Waals surface area contributed by atoms with E-state index in [1.807, 2.05) is 0 Å². The summed E-state index contributed by atoms with van der Waals surface area (Å²) in [5.41, 5.74) is 2.71. The molecule has 9 heteroatoms. The molecule has 0 bridgehead atoms. The molecule has 1 N–H and O–H groups in total. The first-order valence-electron chi connectivity index (χ1n) is 6.05. The maximum absolute atomic E-state index is 12.0. The van der Waals surface area contributed by atoms with Gasteiger partial charge < -0.3 is 4.74 Å². The smallest absolute Gasteiger partial charge is 0.406 e. The minimum absolute atomic E-state index is 0.297. The number of halogens is 3. The lowest BCUT2D eigenvalue weighted by molar-refractivity contribution is -0.274. The van der Waals surface area contributed by atoms with Crippen LogP contribution in [0.25, 0.3) is 0 Å². The van der Waals surface area contributed by atoms with Gasteiger partial charge in [-0.1, -0.05) is 0 Å². The summed E-state index contributed by atoms with van der Waals surface area (Å²) >= 11 is 1.30. The molecule has 2 aromatic rings. The molecule has 1 aromatic carbocycles. The van der Waals surface area contributed by atoms with Crippen molar-refractivity contribution in [3.05, 3.63) is 46.7 Å². The summed E-state index contributed by atoms with van der Waals surface area (Å²) in [5.74, 6) is -0.930. The lowest BCUT2D eigenvalue weighted by Gasteiger charge is -2.09. The standard InChI is InChI=1S/C14H8F3N3O2S/c15-14(16,17)22-11-3-1-10(2-4-11)19-20-12(7-18)13(21)9-5-6-23-8-9/h1-6,8,19H. The highest BCUT2D eigenvalue weighted by atomic mass is 32.1. The Kier molecular flexibility index (Phi) is 4.98. The fourth-order valence-corrected chi connectivity index (χ4v) is 2.14. The van der Waals surface area contributed by atoms with Gasteiger partial charge in [-0.25, -0.2) is 0 Å². The largest absolute Gasteiger partial charge is 0.573 e. The van der Waals surface area contributed by atoms with Gasteiger partial charge in [0.15, 0.2) is 0 Å². The number of carbonyl (C=O) groups is 1. The van der Waals surface area contributed by atoms with E-state index in [0.29, 0.717) is 11.3 Å². The maximum Gasteiger partial charge on any atom is 0.573 e. The van der Waals surface area contributed by atoms with E-state index < -0.39 is 12.1 Å². The van der Waals surface area contributed by atoms with Crippen LogP contribution in [0.1, 0.15) is 10.4 Å². The van der Waals surface area contributed by atoms with Crippen molar-refractivity contribution in [3.63, 3.8) is 0 Å². The Bertz CT molecular complexity index is 747. The summed E-state index contributed by atoms with van der Waals surface area (Å²) in [6, 6.07) is 7.94. The van der Waals surface area contributed by atoms with Crippen molar-refractivity contribution in [2.24, 2.45) is 5.10 Å². The molecular formula is C14H8F3N3O2S. The molecule has 118 valence electrons. The third-order valence-corrected chi connectivity index (χ3v) is 3.17. The van der Waals surface area contributed by atoms with E-state index in [1.165, 1.54) is 23.5 Å². The minimum atomic E-state index is -4.77. The van der Waals surface area contributed by atoms with Crippen molar-refractivity contribution in [3.8, 4) is 11.8 Å². The van der Waals surface area contributed by atoms with Gasteiger partial charge in [-0.3, -0.25) is 10.2 Å². The molecule has 0 atom stereocenters. The zero-order chi connectivity index (χ0) is 16.9. The van der Waals surface area contributed by atoms with Gasteiger partial charge in [-0.2, -0.15) is 21.7 Å². The van der Waals surface area contributed by atoms with Crippen molar-refractivity contribution >= 4 is 28.5 Å². The summed E-state index contributed by atoms with van der Waals surface area (Å²) in [4.78, 5) is 11.9. The molecule has 0 radical (unpaired) electrons. The molecule has 0 saturated heterocycles. The number of ketones is 1. The number of ether oxygens (including phenoxy) is 1. The van der Waals surface area contributed by atoms with Crippen molar-refractivity contribution in [1.29, 1.82) is 5.26 Å². The molecule has 5 nitrogen and oxygen atoms in total. The second kappa shape index (κ2) is 6.93. The van der Waals surface area contributed by atoms with Gasteiger partial charge in [0.05, 0.1) is 5.69 Å². The van der Waals surface area contributed by atoms with Crippen molar-refractivity contribution in [1.82, 2.24) is 0 Å². The van der Waals surface area contributed by atoms with Crippen LogP contribution < -0.4 is 10.2 Å². The maximum atomic E-state index is 12.0. The van der Waals surface area contributed by atoms with E-state index in [0.717, 1.165) is 12.1 Å². The number of anilines is 1. The highest BCUT2D eigenvalue weighted by molar-refractivity contribution is 7.08. The van der Waals surface area contributed by atoms with Crippen molar-refractivity contribution < 1.29 is 22.7 Å². The summed E-state index contributed by atoms with van der Waals surface area (Å²) in [7, 11) is 0. The van der Waals surface area contributed by atoms with E-state index in [1.54, 1.807) is 22.9 Å². The Morgan fingerprint density at radius 1 is 1.26 bits per heavy atom. The third kappa shape index (κ3) is 4.82. The molecule has 23 heavy (non-hydrogen) atoms. The first-order chi connectivity index (χ1) is 10.9. The van der Waals surface area contributed by atoms with Crippen LogP contribution in [0.15, 0.2) is 46.2 Å². The van der Waals surface area contributed by atoms with E-state index in [-0.39, 0.29) is 11.5 Å². The number of hydrogen-bond acceptors (Lipinski definition) is 6. The van der Waals surface area contributed by atoms with Crippen LogP contribution >= 0.6 is 11.3 Å². The second-order valence-electron chi connectivity index (χ2n) is 4.10. The van der Waals surface area contributed by atoms with Crippen LogP contribution in [0.5, 0.6) is 5.75 Å². The predicted molar refractivity (Wildman–Crippen MR) is 78.4 cm³/mol. The Hall–Kier alpha value is -2.86. The van der Waals surface area contributed by atoms with Gasteiger partial charge >= 0.3 is 6.36 Å². The molecule has 0 aliphatic carbocycles. The Morgan fingerprint density at radius 3 is 2.48 bits per heavy atom. The summed E-state index contributed by atoms with van der Waals surface area (Å²) in [6.07, 6.45) is -4.77. The summed E-state index contributed by atoms with van der Waals surface area (Å²) in [6.45, 7) is 0. The zero-order valence-corrected chi connectivity index (χ0v) is 12.1. The van der Waals surface area contributed by atoms with Gasteiger partial charge in [0.25, 0.3) is 0 Å². The average molecular weight is 339 g/mol. The van der Waals surface area contributed by atoms with E-state index in [4.69, 9.17) is 5.26 Å². The Balaban J connectivity index is 2.06. The number of rotatable bonds is 5. The number of nitrogens with one attached hydrogen (secondary N) is 1. The molecule has 0 aliphatic heterocycles. The number of hydrazone groups is 1. The van der Waals surface area contributed by atoms with Crippen LogP contribution in [0.2, 0.25) is 0 Å². The lowest BCUT2D eigenvalue weighted by Crippen LogP contribution is -2.17. The molecule has 2 rings (SSSR count). The summed E-state index contributed by atoms with van der Waals surface area (Å²) < 4.78 is 39.8. The quantitative estimate of drug-likeness (QED) is 0.510. The molecule has 0 unspecified atom stereocenters. The van der Waals surface area contributed by atoms with E-state index in [9.17, 15) is 18.0 Å². The minimum Gasteiger partial charge on any atom is -0.406 e. The van der Waals surface area contributed by atoms with Crippen LogP contribution in [0.3, 0.4) is 0 Å². The van der Waals surface area contributed by atoms with Crippen LogP contribution in [0.4, 0.5) is 18.9 Å². The SMILES string of the molecule is N#CC(=NNc1ccc(OC(F)(F)F)cc1)C(=O)c1ccsc1. The number of hydrogen-bond donors (Lipinski definition) is 1. The van der Waals surface area contributed by atoms with Crippen LogP contribution in [0, 0.1) is 11.3 Å². The highest BCUT2D eigenvalue weighted by Crippen LogP contribution is 2.23. The number of carbonyl (C=O) groups excluding carboxylic acids is 1. The third-order valence-electron chi connectivity index (χ3n) is 2.49. The van der Waals surface area contributed by atoms with Gasteiger partial charge in [-0.05, 0) is 35.7 Å². The average Bonchev–Trinajstić information content (AvgIpc) is 3.02. The number of Topliss-reactive ketones (excluding diaryl/α,β-unsaturated/α-hetero) is 1.